The molecule has 0 aliphatic heterocycles. The number of rotatable bonds is 3. The first-order valence-corrected chi connectivity index (χ1v) is 5.91. The molecule has 86 valence electrons. The predicted molar refractivity (Wildman–Crippen MR) is 63.9 cm³/mol. The summed E-state index contributed by atoms with van der Waals surface area (Å²) in [4.78, 5) is 17.6. The van der Waals surface area contributed by atoms with Gasteiger partial charge in [0.1, 0.15) is 10.8 Å². The highest BCUT2D eigenvalue weighted by atomic mass is 35.5. The molecule has 2 rings (SSSR count). The van der Waals surface area contributed by atoms with E-state index < -0.39 is 0 Å². The Morgan fingerprint density at radius 2 is 2.19 bits per heavy atom. The number of halogens is 2. The molecule has 1 heterocycles. The molecule has 0 unspecified atom stereocenters. The maximum absolute atomic E-state index is 12.0. The molecular formula is C11H12Cl2N2O. The number of carbonyl (C=O) groups excluding carboxylic acids is 1. The predicted octanol–water partition coefficient (Wildman–Crippen LogP) is 2.87. The van der Waals surface area contributed by atoms with Crippen LogP contribution in [0, 0.1) is 5.92 Å². The molecule has 5 heteroatoms. The topological polar surface area (TPSA) is 33.2 Å². The zero-order chi connectivity index (χ0) is 11.7. The van der Waals surface area contributed by atoms with Crippen molar-refractivity contribution in [1.29, 1.82) is 0 Å². The third-order valence-corrected chi connectivity index (χ3v) is 3.11. The molecule has 0 atom stereocenters. The summed E-state index contributed by atoms with van der Waals surface area (Å²) < 4.78 is 0. The van der Waals surface area contributed by atoms with Crippen molar-refractivity contribution in [3.8, 4) is 0 Å². The molecule has 0 spiro atoms. The van der Waals surface area contributed by atoms with E-state index in [2.05, 4.69) is 4.98 Å². The Hall–Kier alpha value is -0.800. The van der Waals surface area contributed by atoms with Gasteiger partial charge in [-0.15, -0.1) is 0 Å². The van der Waals surface area contributed by atoms with Gasteiger partial charge in [-0.2, -0.15) is 0 Å². The van der Waals surface area contributed by atoms with Crippen molar-refractivity contribution in [2.75, 3.05) is 13.6 Å². The highest BCUT2D eigenvalue weighted by Gasteiger charge is 2.26. The number of carbonyl (C=O) groups is 1. The van der Waals surface area contributed by atoms with Crippen molar-refractivity contribution in [3.63, 3.8) is 0 Å². The molecule has 1 fully saturated rings. The first-order chi connectivity index (χ1) is 7.58. The Labute approximate surface area is 104 Å². The smallest absolute Gasteiger partial charge is 0.273 e. The molecule has 16 heavy (non-hydrogen) atoms. The summed E-state index contributed by atoms with van der Waals surface area (Å²) >= 11 is 11.7. The SMILES string of the molecule is CN(CC1CC1)C(=O)c1nc(Cl)ccc1Cl. The fourth-order valence-corrected chi connectivity index (χ4v) is 1.85. The standard InChI is InChI=1S/C11H12Cl2N2O/c1-15(6-7-2-3-7)11(16)10-8(12)4-5-9(13)14-10/h4-5,7H,2-3,6H2,1H3. The molecule has 3 nitrogen and oxygen atoms in total. The molecule has 1 aromatic heterocycles. The molecule has 0 bridgehead atoms. The van der Waals surface area contributed by atoms with Gasteiger partial charge in [-0.3, -0.25) is 4.79 Å². The van der Waals surface area contributed by atoms with Gasteiger partial charge in [0.2, 0.25) is 0 Å². The molecule has 1 aliphatic carbocycles. The number of nitrogens with zero attached hydrogens (tertiary/aromatic N) is 2. The van der Waals surface area contributed by atoms with Gasteiger partial charge < -0.3 is 4.90 Å². The molecule has 0 N–H and O–H groups in total. The van der Waals surface area contributed by atoms with Crippen LogP contribution in [0.15, 0.2) is 12.1 Å². The lowest BCUT2D eigenvalue weighted by Gasteiger charge is -2.16. The summed E-state index contributed by atoms with van der Waals surface area (Å²) in [6.07, 6.45) is 2.41. The van der Waals surface area contributed by atoms with Crippen molar-refractivity contribution >= 4 is 29.1 Å². The van der Waals surface area contributed by atoms with Gasteiger partial charge in [-0.05, 0) is 30.9 Å². The monoisotopic (exact) mass is 258 g/mol. The second kappa shape index (κ2) is 4.60. The summed E-state index contributed by atoms with van der Waals surface area (Å²) in [5.74, 6) is 0.478. The van der Waals surface area contributed by atoms with Crippen LogP contribution in [0.4, 0.5) is 0 Å². The molecule has 0 aromatic carbocycles. The number of amides is 1. The van der Waals surface area contributed by atoms with E-state index in [0.29, 0.717) is 10.9 Å². The van der Waals surface area contributed by atoms with Crippen LogP contribution in [0.2, 0.25) is 10.2 Å². The minimum atomic E-state index is -0.167. The average Bonchev–Trinajstić information content (AvgIpc) is 3.04. The average molecular weight is 259 g/mol. The second-order valence-corrected chi connectivity index (χ2v) is 4.89. The van der Waals surface area contributed by atoms with Crippen LogP contribution in [-0.2, 0) is 0 Å². The van der Waals surface area contributed by atoms with E-state index in [0.717, 1.165) is 6.54 Å². The third kappa shape index (κ3) is 2.66. The second-order valence-electron chi connectivity index (χ2n) is 4.09. The van der Waals surface area contributed by atoms with Crippen LogP contribution in [0.3, 0.4) is 0 Å². The van der Waals surface area contributed by atoms with Crippen LogP contribution in [0.1, 0.15) is 23.3 Å². The zero-order valence-corrected chi connectivity index (χ0v) is 10.4. The Balaban J connectivity index is 2.14. The summed E-state index contributed by atoms with van der Waals surface area (Å²) in [6.45, 7) is 0.767. The minimum Gasteiger partial charge on any atom is -0.340 e. The summed E-state index contributed by atoms with van der Waals surface area (Å²) in [6, 6.07) is 3.16. The number of hydrogen-bond donors (Lipinski definition) is 0. The van der Waals surface area contributed by atoms with Gasteiger partial charge in [0.15, 0.2) is 0 Å². The fourth-order valence-electron chi connectivity index (χ4n) is 1.52. The third-order valence-electron chi connectivity index (χ3n) is 2.59. The number of hydrogen-bond acceptors (Lipinski definition) is 2. The van der Waals surface area contributed by atoms with E-state index in [-0.39, 0.29) is 16.8 Å². The quantitative estimate of drug-likeness (QED) is 0.782. The van der Waals surface area contributed by atoms with Gasteiger partial charge in [-0.1, -0.05) is 23.2 Å². The van der Waals surface area contributed by atoms with E-state index in [4.69, 9.17) is 23.2 Å². The van der Waals surface area contributed by atoms with E-state index in [1.165, 1.54) is 12.8 Å². The lowest BCUT2D eigenvalue weighted by Crippen LogP contribution is -2.29. The first-order valence-electron chi connectivity index (χ1n) is 5.15. The molecule has 1 aliphatic rings. The number of aromatic nitrogens is 1. The van der Waals surface area contributed by atoms with Gasteiger partial charge in [0, 0.05) is 13.6 Å². The lowest BCUT2D eigenvalue weighted by atomic mass is 10.3. The Bertz CT molecular complexity index is 418. The highest BCUT2D eigenvalue weighted by Crippen LogP contribution is 2.30. The highest BCUT2D eigenvalue weighted by molar-refractivity contribution is 6.34. The summed E-state index contributed by atoms with van der Waals surface area (Å²) in [5, 5.41) is 0.629. The van der Waals surface area contributed by atoms with Crippen LogP contribution in [0.25, 0.3) is 0 Å². The molecule has 0 radical (unpaired) electrons. The molecule has 0 saturated heterocycles. The van der Waals surface area contributed by atoms with Crippen LogP contribution in [-0.4, -0.2) is 29.4 Å². The largest absolute Gasteiger partial charge is 0.340 e. The van der Waals surface area contributed by atoms with Crippen molar-refractivity contribution in [2.45, 2.75) is 12.8 Å². The van der Waals surface area contributed by atoms with E-state index >= 15 is 0 Å². The van der Waals surface area contributed by atoms with Gasteiger partial charge in [0.05, 0.1) is 5.02 Å². The zero-order valence-electron chi connectivity index (χ0n) is 8.91. The lowest BCUT2D eigenvalue weighted by molar-refractivity contribution is 0.0783. The van der Waals surface area contributed by atoms with Gasteiger partial charge in [-0.25, -0.2) is 4.98 Å². The minimum absolute atomic E-state index is 0.167. The molecule has 1 saturated carbocycles. The summed E-state index contributed by atoms with van der Waals surface area (Å²) in [5.41, 5.74) is 0.234. The Morgan fingerprint density at radius 1 is 1.50 bits per heavy atom. The van der Waals surface area contributed by atoms with Crippen LogP contribution < -0.4 is 0 Å². The van der Waals surface area contributed by atoms with Crippen LogP contribution >= 0.6 is 23.2 Å². The van der Waals surface area contributed by atoms with Gasteiger partial charge in [0.25, 0.3) is 5.91 Å². The maximum atomic E-state index is 12.0. The van der Waals surface area contributed by atoms with E-state index in [9.17, 15) is 4.79 Å². The first kappa shape index (κ1) is 11.7. The van der Waals surface area contributed by atoms with E-state index in [1.807, 2.05) is 0 Å². The van der Waals surface area contributed by atoms with E-state index in [1.54, 1.807) is 24.1 Å². The maximum Gasteiger partial charge on any atom is 0.273 e. The van der Waals surface area contributed by atoms with Gasteiger partial charge >= 0.3 is 0 Å². The molecule has 1 aromatic rings. The van der Waals surface area contributed by atoms with Crippen molar-refractivity contribution in [1.82, 2.24) is 9.88 Å². The molecular weight excluding hydrogens is 247 g/mol. The molecule has 1 amide bonds. The summed E-state index contributed by atoms with van der Waals surface area (Å²) in [7, 11) is 1.76. The Morgan fingerprint density at radius 3 is 2.81 bits per heavy atom. The fraction of sp³-hybridized carbons (Fsp3) is 0.455. The normalized spacial score (nSPS) is 14.9. The van der Waals surface area contributed by atoms with Crippen LogP contribution in [0.5, 0.6) is 0 Å². The van der Waals surface area contributed by atoms with Crippen molar-refractivity contribution < 1.29 is 4.79 Å². The van der Waals surface area contributed by atoms with Crippen molar-refractivity contribution in [2.24, 2.45) is 5.92 Å². The Kier molecular flexibility index (Phi) is 3.36. The number of pyridine rings is 1. The van der Waals surface area contributed by atoms with Crippen molar-refractivity contribution in [3.05, 3.63) is 28.0 Å².